The second-order valence-corrected chi connectivity index (χ2v) is 6.94. The van der Waals surface area contributed by atoms with Crippen molar-refractivity contribution < 1.29 is 9.53 Å². The van der Waals surface area contributed by atoms with Gasteiger partial charge in [-0.05, 0) is 37.5 Å². The van der Waals surface area contributed by atoms with Gasteiger partial charge in [0.2, 0.25) is 5.91 Å². The van der Waals surface area contributed by atoms with Crippen LogP contribution >= 0.6 is 24.0 Å². The van der Waals surface area contributed by atoms with Gasteiger partial charge in [-0.3, -0.25) is 9.79 Å². The summed E-state index contributed by atoms with van der Waals surface area (Å²) >= 11 is 0. The van der Waals surface area contributed by atoms with Crippen molar-refractivity contribution in [3.63, 3.8) is 0 Å². The van der Waals surface area contributed by atoms with E-state index in [1.807, 2.05) is 19.1 Å². The molecule has 0 aliphatic rings. The molecule has 0 saturated heterocycles. The highest BCUT2D eigenvalue weighted by atomic mass is 127. The summed E-state index contributed by atoms with van der Waals surface area (Å²) in [5, 5.41) is 6.60. The Morgan fingerprint density at radius 1 is 1.19 bits per heavy atom. The van der Waals surface area contributed by atoms with E-state index in [1.165, 1.54) is 0 Å². The lowest BCUT2D eigenvalue weighted by molar-refractivity contribution is -0.128. The minimum absolute atomic E-state index is 0. The third-order valence-electron chi connectivity index (χ3n) is 3.76. The Kier molecular flexibility index (Phi) is 12.9. The van der Waals surface area contributed by atoms with Gasteiger partial charge in [-0.2, -0.15) is 0 Å². The first-order valence-corrected chi connectivity index (χ1v) is 9.31. The molecule has 1 atom stereocenters. The van der Waals surface area contributed by atoms with Gasteiger partial charge in [0.1, 0.15) is 5.75 Å². The molecule has 0 saturated carbocycles. The summed E-state index contributed by atoms with van der Waals surface area (Å²) in [6, 6.07) is 8.21. The number of guanidine groups is 1. The van der Waals surface area contributed by atoms with Crippen molar-refractivity contribution in [3.05, 3.63) is 29.8 Å². The molecule has 0 radical (unpaired) electrons. The average Bonchev–Trinajstić information content (AvgIpc) is 2.60. The number of rotatable bonds is 9. The fourth-order valence-corrected chi connectivity index (χ4v) is 2.21. The highest BCUT2D eigenvalue weighted by Crippen LogP contribution is 2.18. The van der Waals surface area contributed by atoms with Crippen LogP contribution < -0.4 is 15.4 Å². The first kappa shape index (κ1) is 25.5. The lowest BCUT2D eigenvalue weighted by Gasteiger charge is -2.19. The van der Waals surface area contributed by atoms with Crippen LogP contribution in [0.15, 0.2) is 29.3 Å². The summed E-state index contributed by atoms with van der Waals surface area (Å²) < 4.78 is 5.72. The molecule has 0 spiro atoms. The van der Waals surface area contributed by atoms with E-state index >= 15 is 0 Å². The van der Waals surface area contributed by atoms with Crippen LogP contribution in [0.2, 0.25) is 0 Å². The van der Waals surface area contributed by atoms with Crippen LogP contribution in [0.4, 0.5) is 0 Å². The van der Waals surface area contributed by atoms with E-state index in [1.54, 1.807) is 19.0 Å². The van der Waals surface area contributed by atoms with Gasteiger partial charge >= 0.3 is 0 Å². The van der Waals surface area contributed by atoms with Crippen LogP contribution in [0, 0.1) is 5.92 Å². The van der Waals surface area contributed by atoms with Crippen LogP contribution in [0.3, 0.4) is 0 Å². The molecular weight excluding hydrogens is 455 g/mol. The quantitative estimate of drug-likeness (QED) is 0.316. The van der Waals surface area contributed by atoms with E-state index in [-0.39, 0.29) is 35.9 Å². The van der Waals surface area contributed by atoms with Gasteiger partial charge in [0.25, 0.3) is 0 Å². The number of carbonyl (C=O) groups excluding carboxylic acids is 1. The zero-order valence-electron chi connectivity index (χ0n) is 17.4. The number of carbonyl (C=O) groups is 1. The molecule has 7 heteroatoms. The maximum Gasteiger partial charge on any atom is 0.223 e. The van der Waals surface area contributed by atoms with Crippen molar-refractivity contribution in [1.29, 1.82) is 0 Å². The lowest BCUT2D eigenvalue weighted by atomic mass is 10.1. The van der Waals surface area contributed by atoms with Crippen molar-refractivity contribution in [1.82, 2.24) is 15.5 Å². The molecule has 0 heterocycles. The smallest absolute Gasteiger partial charge is 0.223 e. The highest BCUT2D eigenvalue weighted by Gasteiger charge is 2.09. The molecule has 27 heavy (non-hydrogen) atoms. The molecule has 0 aliphatic carbocycles. The number of halogens is 1. The summed E-state index contributed by atoms with van der Waals surface area (Å²) in [6.07, 6.45) is 0.403. The molecule has 1 amide bonds. The number of nitrogens with one attached hydrogen (secondary N) is 2. The van der Waals surface area contributed by atoms with Gasteiger partial charge in [0, 0.05) is 27.1 Å². The number of hydrogen-bond donors (Lipinski definition) is 2. The van der Waals surface area contributed by atoms with E-state index in [4.69, 9.17) is 4.74 Å². The van der Waals surface area contributed by atoms with Gasteiger partial charge in [-0.15, -0.1) is 24.0 Å². The number of amides is 1. The van der Waals surface area contributed by atoms with Gasteiger partial charge in [0.15, 0.2) is 5.96 Å². The molecular formula is C20H35IN4O2. The van der Waals surface area contributed by atoms with Crippen LogP contribution in [-0.2, 0) is 4.79 Å². The van der Waals surface area contributed by atoms with Crippen LogP contribution in [-0.4, -0.2) is 50.6 Å². The van der Waals surface area contributed by atoms with Crippen LogP contribution in [0.5, 0.6) is 5.75 Å². The van der Waals surface area contributed by atoms with Crippen molar-refractivity contribution in [2.45, 2.75) is 40.2 Å². The molecule has 1 aromatic rings. The van der Waals surface area contributed by atoms with Crippen LogP contribution in [0.1, 0.15) is 45.7 Å². The SMILES string of the molecule is CCNC(=NCCC(=O)N(C)C)NC(C)c1ccc(OCC(C)C)cc1.I. The van der Waals surface area contributed by atoms with Crippen molar-refractivity contribution >= 4 is 35.8 Å². The van der Waals surface area contributed by atoms with Crippen molar-refractivity contribution in [2.75, 3.05) is 33.8 Å². The van der Waals surface area contributed by atoms with E-state index in [2.05, 4.69) is 48.5 Å². The van der Waals surface area contributed by atoms with Gasteiger partial charge in [0.05, 0.1) is 19.2 Å². The third kappa shape index (κ3) is 10.4. The number of nitrogens with zero attached hydrogens (tertiary/aromatic N) is 2. The predicted molar refractivity (Wildman–Crippen MR) is 123 cm³/mol. The minimum atomic E-state index is 0. The van der Waals surface area contributed by atoms with Gasteiger partial charge in [-0.1, -0.05) is 26.0 Å². The molecule has 1 aromatic carbocycles. The lowest BCUT2D eigenvalue weighted by Crippen LogP contribution is -2.39. The van der Waals surface area contributed by atoms with Crippen molar-refractivity contribution in [3.8, 4) is 5.75 Å². The maximum atomic E-state index is 11.7. The van der Waals surface area contributed by atoms with Crippen LogP contribution in [0.25, 0.3) is 0 Å². The maximum absolute atomic E-state index is 11.7. The number of ether oxygens (including phenoxy) is 1. The summed E-state index contributed by atoms with van der Waals surface area (Å²) in [5.74, 6) is 2.19. The molecule has 1 unspecified atom stereocenters. The molecule has 0 aliphatic heterocycles. The predicted octanol–water partition coefficient (Wildman–Crippen LogP) is 3.43. The Hall–Kier alpha value is -1.51. The Labute approximate surface area is 181 Å². The summed E-state index contributed by atoms with van der Waals surface area (Å²) in [6.45, 7) is 10.3. The van der Waals surface area contributed by atoms with E-state index in [0.717, 1.165) is 24.5 Å². The Balaban J connectivity index is 0.00000676. The molecule has 6 nitrogen and oxygen atoms in total. The minimum Gasteiger partial charge on any atom is -0.493 e. The first-order valence-electron chi connectivity index (χ1n) is 9.31. The monoisotopic (exact) mass is 490 g/mol. The average molecular weight is 490 g/mol. The largest absolute Gasteiger partial charge is 0.493 e. The molecule has 0 bridgehead atoms. The Morgan fingerprint density at radius 3 is 2.33 bits per heavy atom. The number of hydrogen-bond acceptors (Lipinski definition) is 3. The first-order chi connectivity index (χ1) is 12.3. The van der Waals surface area contributed by atoms with Gasteiger partial charge < -0.3 is 20.3 Å². The van der Waals surface area contributed by atoms with Gasteiger partial charge in [-0.25, -0.2) is 0 Å². The second-order valence-electron chi connectivity index (χ2n) is 6.94. The normalized spacial score (nSPS) is 12.2. The zero-order chi connectivity index (χ0) is 19.5. The highest BCUT2D eigenvalue weighted by molar-refractivity contribution is 14.0. The van der Waals surface area contributed by atoms with E-state index < -0.39 is 0 Å². The summed E-state index contributed by atoms with van der Waals surface area (Å²) in [5.41, 5.74) is 1.15. The topological polar surface area (TPSA) is 66.0 Å². The molecule has 0 aromatic heterocycles. The van der Waals surface area contributed by atoms with E-state index in [0.29, 0.717) is 24.8 Å². The molecule has 0 fully saturated rings. The molecule has 2 N–H and O–H groups in total. The zero-order valence-corrected chi connectivity index (χ0v) is 19.7. The molecule has 154 valence electrons. The number of aliphatic imine (C=N–C) groups is 1. The molecule has 1 rings (SSSR count). The fourth-order valence-electron chi connectivity index (χ4n) is 2.21. The Bertz CT molecular complexity index is 574. The second kappa shape index (κ2) is 13.6. The Morgan fingerprint density at radius 2 is 1.81 bits per heavy atom. The summed E-state index contributed by atoms with van der Waals surface area (Å²) in [7, 11) is 3.51. The standard InChI is InChI=1S/C20H34N4O2.HI/c1-7-21-20(22-13-12-19(25)24(5)6)23-16(4)17-8-10-18(11-9-17)26-14-15(2)3;/h8-11,15-16H,7,12-14H2,1-6H3,(H2,21,22,23);1H. The third-order valence-corrected chi connectivity index (χ3v) is 3.76. The number of benzene rings is 1. The summed E-state index contributed by atoms with van der Waals surface area (Å²) in [4.78, 5) is 17.7. The van der Waals surface area contributed by atoms with E-state index in [9.17, 15) is 4.79 Å². The fraction of sp³-hybridized carbons (Fsp3) is 0.600. The van der Waals surface area contributed by atoms with Crippen molar-refractivity contribution in [2.24, 2.45) is 10.9 Å².